The maximum Gasteiger partial charge on any atom is 0.236 e. The van der Waals surface area contributed by atoms with E-state index in [1.807, 2.05) is 4.90 Å². The van der Waals surface area contributed by atoms with Crippen molar-refractivity contribution in [3.63, 3.8) is 0 Å². The minimum Gasteiger partial charge on any atom is -0.339 e. The quantitative estimate of drug-likeness (QED) is 0.779. The fourth-order valence-electron chi connectivity index (χ4n) is 4.54. The van der Waals surface area contributed by atoms with Crippen LogP contribution in [0, 0.1) is 0 Å². The summed E-state index contributed by atoms with van der Waals surface area (Å²) >= 11 is 0. The summed E-state index contributed by atoms with van der Waals surface area (Å²) in [6, 6.07) is 10.6. The smallest absolute Gasteiger partial charge is 0.236 e. The van der Waals surface area contributed by atoms with Gasteiger partial charge in [0.2, 0.25) is 5.91 Å². The zero-order valence-corrected chi connectivity index (χ0v) is 18.0. The molecule has 2 aromatic rings. The van der Waals surface area contributed by atoms with Crippen molar-refractivity contribution < 1.29 is 4.79 Å². The van der Waals surface area contributed by atoms with E-state index in [9.17, 15) is 4.79 Å². The minimum atomic E-state index is 0.257. The second-order valence-corrected chi connectivity index (χ2v) is 8.68. The van der Waals surface area contributed by atoms with E-state index < -0.39 is 0 Å². The number of piperazine rings is 1. The van der Waals surface area contributed by atoms with Gasteiger partial charge in [0.05, 0.1) is 12.2 Å². The molecule has 4 rings (SSSR count). The van der Waals surface area contributed by atoms with Crippen molar-refractivity contribution in [1.29, 1.82) is 0 Å². The maximum absolute atomic E-state index is 12.9. The van der Waals surface area contributed by atoms with Gasteiger partial charge in [0.15, 0.2) is 0 Å². The Labute approximate surface area is 174 Å². The second-order valence-electron chi connectivity index (χ2n) is 8.68. The van der Waals surface area contributed by atoms with Gasteiger partial charge in [-0.05, 0) is 5.56 Å². The first-order chi connectivity index (χ1) is 14.0. The molecule has 156 valence electrons. The molecule has 2 aliphatic rings. The normalized spacial score (nSPS) is 18.3. The zero-order valence-electron chi connectivity index (χ0n) is 18.0. The van der Waals surface area contributed by atoms with E-state index in [0.29, 0.717) is 12.5 Å². The van der Waals surface area contributed by atoms with E-state index in [-0.39, 0.29) is 5.91 Å². The van der Waals surface area contributed by atoms with Crippen LogP contribution in [0.2, 0.25) is 0 Å². The number of hydrogen-bond acceptors (Lipinski definition) is 4. The van der Waals surface area contributed by atoms with Gasteiger partial charge in [-0.15, -0.1) is 0 Å². The van der Waals surface area contributed by atoms with Crippen molar-refractivity contribution >= 4 is 5.91 Å². The number of fused-ring (bicyclic) bond motifs is 1. The van der Waals surface area contributed by atoms with Crippen LogP contribution in [0.3, 0.4) is 0 Å². The van der Waals surface area contributed by atoms with Gasteiger partial charge in [-0.2, -0.15) is 0 Å². The predicted molar refractivity (Wildman–Crippen MR) is 115 cm³/mol. The second kappa shape index (κ2) is 8.67. The third kappa shape index (κ3) is 4.54. The monoisotopic (exact) mass is 395 g/mol. The van der Waals surface area contributed by atoms with Crippen molar-refractivity contribution in [1.82, 2.24) is 24.3 Å². The molecule has 3 heterocycles. The van der Waals surface area contributed by atoms with E-state index in [1.54, 1.807) is 0 Å². The number of amides is 1. The largest absolute Gasteiger partial charge is 0.339 e. The van der Waals surface area contributed by atoms with Crippen LogP contribution in [0.25, 0.3) is 0 Å². The van der Waals surface area contributed by atoms with Gasteiger partial charge in [0.25, 0.3) is 0 Å². The van der Waals surface area contributed by atoms with Crippen molar-refractivity contribution in [3.05, 3.63) is 53.1 Å². The summed E-state index contributed by atoms with van der Waals surface area (Å²) < 4.78 is 2.26. The number of carbonyl (C=O) groups excluding carboxylic acids is 1. The lowest BCUT2D eigenvalue weighted by Crippen LogP contribution is -2.51. The molecule has 6 heteroatoms. The first-order valence-electron chi connectivity index (χ1n) is 10.8. The molecule has 0 aliphatic carbocycles. The molecule has 0 atom stereocenters. The summed E-state index contributed by atoms with van der Waals surface area (Å²) in [5.74, 6) is 1.83. The molecule has 0 saturated carbocycles. The molecule has 1 saturated heterocycles. The molecule has 1 aromatic carbocycles. The highest BCUT2D eigenvalue weighted by Gasteiger charge is 2.27. The Bertz CT molecular complexity index is 836. The van der Waals surface area contributed by atoms with Crippen molar-refractivity contribution in [2.75, 3.05) is 39.3 Å². The van der Waals surface area contributed by atoms with E-state index in [2.05, 4.69) is 65.6 Å². The summed E-state index contributed by atoms with van der Waals surface area (Å²) in [5, 5.41) is 0. The zero-order chi connectivity index (χ0) is 20.4. The Kier molecular flexibility index (Phi) is 6.01. The van der Waals surface area contributed by atoms with Crippen LogP contribution < -0.4 is 0 Å². The van der Waals surface area contributed by atoms with Gasteiger partial charge in [-0.3, -0.25) is 14.6 Å². The number of carbonyl (C=O) groups is 1. The van der Waals surface area contributed by atoms with Crippen LogP contribution in [0.1, 0.15) is 42.5 Å². The predicted octanol–water partition coefficient (Wildman–Crippen LogP) is 2.25. The van der Waals surface area contributed by atoms with Crippen molar-refractivity contribution in [2.45, 2.75) is 39.3 Å². The number of aromatic nitrogens is 2. The average Bonchev–Trinajstić information content (AvgIpc) is 3.05. The molecular formula is C23H33N5O. The Morgan fingerprint density at radius 1 is 1.03 bits per heavy atom. The minimum absolute atomic E-state index is 0.257. The Hall–Kier alpha value is -2.18. The molecule has 6 nitrogen and oxygen atoms in total. The number of imidazole rings is 1. The molecule has 0 radical (unpaired) electrons. The number of benzene rings is 1. The molecule has 2 aliphatic heterocycles. The molecule has 1 fully saturated rings. The van der Waals surface area contributed by atoms with Crippen LogP contribution in [-0.4, -0.2) is 69.4 Å². The molecule has 0 N–H and O–H groups in total. The lowest BCUT2D eigenvalue weighted by Gasteiger charge is -2.36. The molecular weight excluding hydrogens is 362 g/mol. The summed E-state index contributed by atoms with van der Waals surface area (Å²) in [7, 11) is 2.12. The fraction of sp³-hybridized carbons (Fsp3) is 0.565. The number of nitrogens with zero attached hydrogens (tertiary/aromatic N) is 5. The summed E-state index contributed by atoms with van der Waals surface area (Å²) in [5.41, 5.74) is 3.84. The molecule has 29 heavy (non-hydrogen) atoms. The van der Waals surface area contributed by atoms with E-state index in [0.717, 1.165) is 63.8 Å². The molecule has 0 bridgehead atoms. The maximum atomic E-state index is 12.9. The number of hydrogen-bond donors (Lipinski definition) is 0. The fourth-order valence-corrected chi connectivity index (χ4v) is 4.54. The number of rotatable bonds is 5. The van der Waals surface area contributed by atoms with E-state index in [1.165, 1.54) is 11.3 Å². The van der Waals surface area contributed by atoms with Crippen molar-refractivity contribution in [2.24, 2.45) is 7.05 Å². The van der Waals surface area contributed by atoms with Gasteiger partial charge in [-0.1, -0.05) is 44.2 Å². The SMILES string of the molecule is CC(C)c1nc2c(n1C)CCN(CC(=O)N1CCN(Cc3ccccc3)CC1)C2. The van der Waals surface area contributed by atoms with E-state index in [4.69, 9.17) is 4.98 Å². The van der Waals surface area contributed by atoms with Crippen LogP contribution in [0.5, 0.6) is 0 Å². The standard InChI is InChI=1S/C23H33N5O/c1-18(2)23-24-20-16-27(10-9-21(20)25(23)3)17-22(29)28-13-11-26(12-14-28)15-19-7-5-4-6-8-19/h4-8,18H,9-17H2,1-3H3. The lowest BCUT2D eigenvalue weighted by molar-refractivity contribution is -0.134. The van der Waals surface area contributed by atoms with Gasteiger partial charge >= 0.3 is 0 Å². The van der Waals surface area contributed by atoms with Gasteiger partial charge < -0.3 is 9.47 Å². The summed E-state index contributed by atoms with van der Waals surface area (Å²) in [6.45, 7) is 11.1. The van der Waals surface area contributed by atoms with Crippen LogP contribution in [-0.2, 0) is 31.4 Å². The van der Waals surface area contributed by atoms with Gasteiger partial charge in [0.1, 0.15) is 5.82 Å². The third-order valence-electron chi connectivity index (χ3n) is 6.22. The Morgan fingerprint density at radius 2 is 1.76 bits per heavy atom. The highest BCUT2D eigenvalue weighted by molar-refractivity contribution is 5.78. The van der Waals surface area contributed by atoms with Gasteiger partial charge in [-0.25, -0.2) is 4.98 Å². The highest BCUT2D eigenvalue weighted by atomic mass is 16.2. The van der Waals surface area contributed by atoms with Crippen LogP contribution >= 0.6 is 0 Å². The Balaban J connectivity index is 1.28. The van der Waals surface area contributed by atoms with E-state index >= 15 is 0 Å². The Morgan fingerprint density at radius 3 is 2.45 bits per heavy atom. The summed E-state index contributed by atoms with van der Waals surface area (Å²) in [6.07, 6.45) is 0.976. The first kappa shape index (κ1) is 20.1. The molecule has 1 amide bonds. The van der Waals surface area contributed by atoms with Crippen molar-refractivity contribution in [3.8, 4) is 0 Å². The topological polar surface area (TPSA) is 44.6 Å². The van der Waals surface area contributed by atoms with Crippen LogP contribution in [0.15, 0.2) is 30.3 Å². The molecule has 0 unspecified atom stereocenters. The summed E-state index contributed by atoms with van der Waals surface area (Å²) in [4.78, 5) is 24.5. The van der Waals surface area contributed by atoms with Gasteiger partial charge in [0, 0.05) is 70.9 Å². The third-order valence-corrected chi connectivity index (χ3v) is 6.22. The average molecular weight is 396 g/mol. The highest BCUT2D eigenvalue weighted by Crippen LogP contribution is 2.23. The first-order valence-corrected chi connectivity index (χ1v) is 10.8. The van der Waals surface area contributed by atoms with Crippen LogP contribution in [0.4, 0.5) is 0 Å². The molecule has 1 aromatic heterocycles. The lowest BCUT2D eigenvalue weighted by atomic mass is 10.1. The molecule has 0 spiro atoms.